The molecule has 0 atom stereocenters. The van der Waals surface area contributed by atoms with Crippen molar-refractivity contribution in [2.24, 2.45) is 0 Å². The second kappa shape index (κ2) is 5.74. The first-order chi connectivity index (χ1) is 11.2. The largest absolute Gasteiger partial charge is 0.480 e. The molecule has 14 heteroatoms. The van der Waals surface area contributed by atoms with Gasteiger partial charge in [-0.25, -0.2) is 16.8 Å². The Morgan fingerprint density at radius 1 is 0.920 bits per heavy atom. The lowest BCUT2D eigenvalue weighted by Crippen LogP contribution is -2.42. The number of hydrogen-bond acceptors (Lipinski definition) is 5. The molecular formula is C11H6F5N2O5S2-. The van der Waals surface area contributed by atoms with Crippen molar-refractivity contribution in [2.45, 2.75) is 10.8 Å². The molecule has 0 N–H and O–H groups in total. The quantitative estimate of drug-likeness (QED) is 0.727. The number of halogens is 5. The van der Waals surface area contributed by atoms with Crippen molar-refractivity contribution < 1.29 is 43.6 Å². The van der Waals surface area contributed by atoms with E-state index < -0.39 is 36.7 Å². The summed E-state index contributed by atoms with van der Waals surface area (Å²) in [4.78, 5) is 11.8. The smallest absolute Gasteiger partial charge is 0.423 e. The number of carbonyl (C=O) groups is 1. The summed E-state index contributed by atoms with van der Waals surface area (Å²) in [6.07, 6.45) is 0.759. The third-order valence-electron chi connectivity index (χ3n) is 2.88. The van der Waals surface area contributed by atoms with Gasteiger partial charge in [-0.1, -0.05) is 18.2 Å². The SMILES string of the molecule is O=C(n1ccc2ccccc21)C(F)(F)S(=O)(=O)[N-]S(=O)(=O)C(F)(F)F. The minimum atomic E-state index is -6.79. The summed E-state index contributed by atoms with van der Waals surface area (Å²) in [5.74, 6) is -2.48. The molecule has 7 nitrogen and oxygen atoms in total. The number of rotatable bonds is 4. The lowest BCUT2D eigenvalue weighted by Gasteiger charge is -2.26. The van der Waals surface area contributed by atoms with Crippen LogP contribution in [0.5, 0.6) is 0 Å². The number of benzene rings is 1. The summed E-state index contributed by atoms with van der Waals surface area (Å²) in [5, 5.41) is -5.29. The fourth-order valence-electron chi connectivity index (χ4n) is 1.73. The molecule has 1 aromatic carbocycles. The maximum Gasteiger partial charge on any atom is 0.480 e. The standard InChI is InChI=1S/C11H6F5N2O5S2/c12-10(13,24(20,21)17-25(22,23)11(14,15)16)9(19)18-6-5-7-3-1-2-4-8(7)18/h1-6H/q-1. The molecule has 2 rings (SSSR count). The van der Waals surface area contributed by atoms with Crippen molar-refractivity contribution in [1.82, 2.24) is 4.57 Å². The average molecular weight is 405 g/mol. The zero-order valence-electron chi connectivity index (χ0n) is 11.6. The second-order valence-corrected chi connectivity index (χ2v) is 8.01. The second-order valence-electron chi connectivity index (χ2n) is 4.54. The van der Waals surface area contributed by atoms with Gasteiger partial charge < -0.3 is 4.13 Å². The van der Waals surface area contributed by atoms with E-state index in [2.05, 4.69) is 0 Å². The van der Waals surface area contributed by atoms with Crippen LogP contribution in [-0.2, 0) is 20.0 Å². The van der Waals surface area contributed by atoms with Crippen molar-refractivity contribution in [3.63, 3.8) is 0 Å². The van der Waals surface area contributed by atoms with Crippen molar-refractivity contribution in [2.75, 3.05) is 0 Å². The van der Waals surface area contributed by atoms with Gasteiger partial charge in [-0.05, 0) is 12.1 Å². The fraction of sp³-hybridized carbons (Fsp3) is 0.182. The highest BCUT2D eigenvalue weighted by atomic mass is 32.3. The minimum absolute atomic E-state index is 0.166. The number of nitrogens with zero attached hydrogens (tertiary/aromatic N) is 2. The van der Waals surface area contributed by atoms with E-state index in [9.17, 15) is 43.6 Å². The molecule has 0 amide bonds. The Morgan fingerprint density at radius 2 is 1.48 bits per heavy atom. The van der Waals surface area contributed by atoms with E-state index >= 15 is 0 Å². The molecule has 0 fully saturated rings. The summed E-state index contributed by atoms with van der Waals surface area (Å²) in [5.41, 5.74) is -6.39. The van der Waals surface area contributed by atoms with Gasteiger partial charge in [-0.3, -0.25) is 9.36 Å². The molecule has 1 aromatic heterocycles. The van der Waals surface area contributed by atoms with Crippen LogP contribution in [0.1, 0.15) is 4.79 Å². The number of aromatic nitrogens is 1. The van der Waals surface area contributed by atoms with Crippen molar-refractivity contribution in [3.05, 3.63) is 40.7 Å². The van der Waals surface area contributed by atoms with Crippen LogP contribution in [0.25, 0.3) is 15.0 Å². The normalized spacial score (nSPS) is 14.0. The number of para-hydroxylation sites is 1. The third kappa shape index (κ3) is 3.23. The average Bonchev–Trinajstić information content (AvgIpc) is 2.87. The van der Waals surface area contributed by atoms with Crippen LogP contribution >= 0.6 is 0 Å². The number of alkyl halides is 5. The van der Waals surface area contributed by atoms with Crippen LogP contribution in [-0.4, -0.2) is 38.1 Å². The van der Waals surface area contributed by atoms with E-state index in [0.29, 0.717) is 0 Å². The van der Waals surface area contributed by atoms with E-state index in [1.54, 1.807) is 0 Å². The summed E-state index contributed by atoms with van der Waals surface area (Å²) in [6.45, 7) is 0. The highest BCUT2D eigenvalue weighted by Crippen LogP contribution is 2.37. The molecule has 25 heavy (non-hydrogen) atoms. The van der Waals surface area contributed by atoms with Gasteiger partial charge in [0.2, 0.25) is 0 Å². The molecule has 1 heterocycles. The van der Waals surface area contributed by atoms with E-state index in [4.69, 9.17) is 0 Å². The maximum absolute atomic E-state index is 13.9. The van der Waals surface area contributed by atoms with Gasteiger partial charge in [0, 0.05) is 11.6 Å². The predicted octanol–water partition coefficient (Wildman–Crippen LogP) is 2.43. The monoisotopic (exact) mass is 405 g/mol. The highest BCUT2D eigenvalue weighted by molar-refractivity contribution is 8.13. The van der Waals surface area contributed by atoms with Crippen molar-refractivity contribution in [1.29, 1.82) is 0 Å². The molecular weight excluding hydrogens is 399 g/mol. The molecule has 0 bridgehead atoms. The zero-order valence-corrected chi connectivity index (χ0v) is 13.2. The van der Waals surface area contributed by atoms with Gasteiger partial charge in [-0.2, -0.15) is 22.0 Å². The molecule has 0 aliphatic carbocycles. The molecule has 138 valence electrons. The molecule has 0 radical (unpaired) electrons. The maximum atomic E-state index is 13.9. The van der Waals surface area contributed by atoms with E-state index in [0.717, 1.165) is 6.20 Å². The Labute approximate surface area is 137 Å². The Morgan fingerprint density at radius 3 is 2.04 bits per heavy atom. The van der Waals surface area contributed by atoms with Gasteiger partial charge >= 0.3 is 16.7 Å². The number of carbonyl (C=O) groups excluding carboxylic acids is 1. The number of sulfonamides is 2. The van der Waals surface area contributed by atoms with Crippen LogP contribution in [0.15, 0.2) is 36.5 Å². The van der Waals surface area contributed by atoms with Gasteiger partial charge in [0.1, 0.15) is 0 Å². The first kappa shape index (κ1) is 19.3. The summed E-state index contributed by atoms with van der Waals surface area (Å²) >= 11 is 0. The molecule has 0 saturated carbocycles. The van der Waals surface area contributed by atoms with Crippen molar-refractivity contribution in [3.8, 4) is 0 Å². The zero-order chi connectivity index (χ0) is 19.3. The molecule has 0 aliphatic rings. The van der Waals surface area contributed by atoms with Gasteiger partial charge in [-0.15, -0.1) is 0 Å². The molecule has 2 aromatic rings. The molecule has 0 saturated heterocycles. The van der Waals surface area contributed by atoms with E-state index in [1.165, 1.54) is 34.5 Å². The highest BCUT2D eigenvalue weighted by Gasteiger charge is 2.52. The Kier molecular flexibility index (Phi) is 4.42. The number of fused-ring (bicyclic) bond motifs is 1. The summed E-state index contributed by atoms with van der Waals surface area (Å²) in [7, 11) is -13.5. The van der Waals surface area contributed by atoms with Crippen LogP contribution in [0.4, 0.5) is 22.0 Å². The summed E-state index contributed by atoms with van der Waals surface area (Å²) < 4.78 is 110. The van der Waals surface area contributed by atoms with Crippen LogP contribution in [0.2, 0.25) is 0 Å². The lowest BCUT2D eigenvalue weighted by molar-refractivity contribution is -0.0425. The van der Waals surface area contributed by atoms with Crippen LogP contribution in [0, 0.1) is 0 Å². The Hall–Kier alpha value is -2.06. The summed E-state index contributed by atoms with van der Waals surface area (Å²) in [6, 6.07) is 6.54. The van der Waals surface area contributed by atoms with Crippen molar-refractivity contribution >= 4 is 36.9 Å². The van der Waals surface area contributed by atoms with Gasteiger partial charge in [0.15, 0.2) is 20.0 Å². The van der Waals surface area contributed by atoms with Crippen LogP contribution < -0.4 is 0 Å². The minimum Gasteiger partial charge on any atom is -0.423 e. The van der Waals surface area contributed by atoms with Gasteiger partial charge in [0.25, 0.3) is 0 Å². The first-order valence-corrected chi connectivity index (χ1v) is 8.87. The van der Waals surface area contributed by atoms with E-state index in [-0.39, 0.29) is 15.5 Å². The predicted molar refractivity (Wildman–Crippen MR) is 74.8 cm³/mol. The molecule has 0 unspecified atom stereocenters. The lowest BCUT2D eigenvalue weighted by atomic mass is 10.2. The fourth-order valence-corrected chi connectivity index (χ4v) is 3.79. The topological polar surface area (TPSA) is 104 Å². The Bertz CT molecular complexity index is 1040. The third-order valence-corrected chi connectivity index (χ3v) is 5.86. The molecule has 0 spiro atoms. The number of hydrogen-bond donors (Lipinski definition) is 0. The molecule has 0 aliphatic heterocycles. The van der Waals surface area contributed by atoms with Gasteiger partial charge in [0.05, 0.1) is 5.52 Å². The first-order valence-electron chi connectivity index (χ1n) is 5.99. The Balaban J connectivity index is 2.48. The van der Waals surface area contributed by atoms with Crippen LogP contribution in [0.3, 0.4) is 0 Å². The van der Waals surface area contributed by atoms with E-state index in [1.807, 2.05) is 0 Å².